The molecule has 0 aliphatic heterocycles. The second-order valence-corrected chi connectivity index (χ2v) is 16.9. The van der Waals surface area contributed by atoms with Crippen LogP contribution in [0.15, 0.2) is 111 Å². The topological polar surface area (TPSA) is 40.5 Å². The fourth-order valence-electron chi connectivity index (χ4n) is 6.62. The largest absolute Gasteiger partial charge is 0.508 e. The first-order valence-corrected chi connectivity index (χ1v) is 21.5. The van der Waals surface area contributed by atoms with E-state index < -0.39 is 0 Å². The summed E-state index contributed by atoms with van der Waals surface area (Å²) in [5.41, 5.74) is 15.5. The molecule has 1 rings (SSSR count). The van der Waals surface area contributed by atoms with Crippen LogP contribution in [0, 0.1) is 13.8 Å². The second kappa shape index (κ2) is 28.8. The molecule has 306 valence electrons. The molecule has 0 amide bonds. The first kappa shape index (κ1) is 49.5. The minimum absolute atomic E-state index is 0.255. The van der Waals surface area contributed by atoms with Gasteiger partial charge in [-0.1, -0.05) is 105 Å². The van der Waals surface area contributed by atoms with Gasteiger partial charge in [-0.15, -0.1) is 0 Å². The number of aromatic hydroxyl groups is 2. The van der Waals surface area contributed by atoms with Crippen molar-refractivity contribution in [2.45, 2.75) is 192 Å². The summed E-state index contributed by atoms with van der Waals surface area (Å²) in [6.45, 7) is 26.2. The monoisotopic (exact) mass is 751 g/mol. The predicted octanol–water partition coefficient (Wildman–Crippen LogP) is 17.0. The van der Waals surface area contributed by atoms with Gasteiger partial charge in [0.2, 0.25) is 0 Å². The highest BCUT2D eigenvalue weighted by Crippen LogP contribution is 2.32. The van der Waals surface area contributed by atoms with E-state index in [0.29, 0.717) is 12.2 Å². The molecule has 0 aromatic heterocycles. The molecule has 0 saturated heterocycles. The molecule has 2 heteroatoms. The maximum absolute atomic E-state index is 10.4. The van der Waals surface area contributed by atoms with Crippen LogP contribution in [0.4, 0.5) is 0 Å². The van der Waals surface area contributed by atoms with Crippen molar-refractivity contribution in [2.24, 2.45) is 0 Å². The Hall–Kier alpha value is -3.52. The van der Waals surface area contributed by atoms with Gasteiger partial charge in [-0.2, -0.15) is 0 Å². The van der Waals surface area contributed by atoms with Crippen LogP contribution in [-0.4, -0.2) is 10.2 Å². The Kier molecular flexibility index (Phi) is 25.9. The summed E-state index contributed by atoms with van der Waals surface area (Å²) < 4.78 is 0. The van der Waals surface area contributed by atoms with E-state index in [9.17, 15) is 10.2 Å². The molecule has 0 heterocycles. The Labute approximate surface area is 340 Å². The maximum Gasteiger partial charge on any atom is 0.122 e. The first-order valence-electron chi connectivity index (χ1n) is 21.5. The number of hydrogen-bond donors (Lipinski definition) is 2. The molecule has 2 N–H and O–H groups in total. The van der Waals surface area contributed by atoms with Crippen molar-refractivity contribution >= 4 is 0 Å². The van der Waals surface area contributed by atoms with E-state index in [4.69, 9.17) is 0 Å². The van der Waals surface area contributed by atoms with Crippen molar-refractivity contribution < 1.29 is 10.2 Å². The SMILES string of the molecule is CC(C)=CCC/C(C)=C\CC/C(C)=C\CC/C(C)=C\CC/C(C)=C/CC/C(C)=C/CC/C(C)=C/CC/C(C)=C/CC/C(C)=C\Cc1cc(O)c(C)c(C)c1O. The molecular weight excluding hydrogens is 669 g/mol. The lowest BCUT2D eigenvalue weighted by Crippen LogP contribution is -1.91. The highest BCUT2D eigenvalue weighted by Gasteiger charge is 2.10. The second-order valence-electron chi connectivity index (χ2n) is 16.9. The minimum atomic E-state index is 0.255. The summed E-state index contributed by atoms with van der Waals surface area (Å²) in [6, 6.07) is 1.69. The third-order valence-electron chi connectivity index (χ3n) is 10.9. The zero-order chi connectivity index (χ0) is 41.2. The average Bonchev–Trinajstić information content (AvgIpc) is 3.11. The van der Waals surface area contributed by atoms with Crippen molar-refractivity contribution in [3.8, 4) is 11.5 Å². The first-order chi connectivity index (χ1) is 26.1. The lowest BCUT2D eigenvalue weighted by Gasteiger charge is -2.10. The van der Waals surface area contributed by atoms with Gasteiger partial charge < -0.3 is 10.2 Å². The van der Waals surface area contributed by atoms with Gasteiger partial charge >= 0.3 is 0 Å². The van der Waals surface area contributed by atoms with Crippen LogP contribution in [0.3, 0.4) is 0 Å². The number of hydrogen-bond acceptors (Lipinski definition) is 2. The van der Waals surface area contributed by atoms with Crippen molar-refractivity contribution in [3.63, 3.8) is 0 Å². The molecule has 0 radical (unpaired) electrons. The molecule has 1 aromatic carbocycles. The molecule has 0 aliphatic rings. The minimum Gasteiger partial charge on any atom is -0.508 e. The van der Waals surface area contributed by atoms with Gasteiger partial charge in [0, 0.05) is 5.56 Å². The number of rotatable bonds is 26. The van der Waals surface area contributed by atoms with Crippen LogP contribution < -0.4 is 0 Å². The molecule has 0 unspecified atom stereocenters. The van der Waals surface area contributed by atoms with E-state index in [1.807, 2.05) is 13.8 Å². The van der Waals surface area contributed by atoms with Crippen LogP contribution >= 0.6 is 0 Å². The van der Waals surface area contributed by atoms with Gasteiger partial charge in [-0.3, -0.25) is 0 Å². The zero-order valence-electron chi connectivity index (χ0n) is 37.7. The Morgan fingerprint density at radius 3 is 0.909 bits per heavy atom. The number of benzene rings is 1. The van der Waals surface area contributed by atoms with Crippen LogP contribution in [0.5, 0.6) is 11.5 Å². The zero-order valence-corrected chi connectivity index (χ0v) is 37.7. The smallest absolute Gasteiger partial charge is 0.122 e. The van der Waals surface area contributed by atoms with Crippen molar-refractivity contribution in [2.75, 3.05) is 0 Å². The fraction of sp³-hybridized carbons (Fsp3) is 0.547. The predicted molar refractivity (Wildman–Crippen MR) is 246 cm³/mol. The Morgan fingerprint density at radius 2 is 0.636 bits per heavy atom. The van der Waals surface area contributed by atoms with Crippen LogP contribution in [-0.2, 0) is 6.42 Å². The van der Waals surface area contributed by atoms with Gasteiger partial charge in [0.25, 0.3) is 0 Å². The summed E-state index contributed by atoms with van der Waals surface area (Å²) >= 11 is 0. The summed E-state index contributed by atoms with van der Waals surface area (Å²) in [7, 11) is 0. The molecular formula is C53H82O2. The average molecular weight is 751 g/mol. The van der Waals surface area contributed by atoms with Crippen molar-refractivity contribution in [1.29, 1.82) is 0 Å². The van der Waals surface area contributed by atoms with Gasteiger partial charge in [0.15, 0.2) is 0 Å². The Balaban J connectivity index is 2.28. The lowest BCUT2D eigenvalue weighted by atomic mass is 9.99. The van der Waals surface area contributed by atoms with Gasteiger partial charge in [-0.25, -0.2) is 0 Å². The van der Waals surface area contributed by atoms with Crippen LogP contribution in [0.2, 0.25) is 0 Å². The van der Waals surface area contributed by atoms with E-state index >= 15 is 0 Å². The van der Waals surface area contributed by atoms with E-state index in [0.717, 1.165) is 100 Å². The Morgan fingerprint density at radius 1 is 0.382 bits per heavy atom. The van der Waals surface area contributed by atoms with E-state index in [2.05, 4.69) is 124 Å². The molecule has 0 saturated carbocycles. The third kappa shape index (κ3) is 24.6. The summed E-state index contributed by atoms with van der Waals surface area (Å²) in [6.07, 6.45) is 40.3. The quantitative estimate of drug-likeness (QED) is 0.0731. The van der Waals surface area contributed by atoms with E-state index in [1.54, 1.807) is 6.07 Å². The summed E-state index contributed by atoms with van der Waals surface area (Å²) in [4.78, 5) is 0. The van der Waals surface area contributed by atoms with E-state index in [-0.39, 0.29) is 5.75 Å². The number of phenols is 2. The lowest BCUT2D eigenvalue weighted by molar-refractivity contribution is 0.448. The summed E-state index contributed by atoms with van der Waals surface area (Å²) in [5, 5.41) is 20.6. The van der Waals surface area contributed by atoms with Gasteiger partial charge in [0.1, 0.15) is 11.5 Å². The van der Waals surface area contributed by atoms with Crippen molar-refractivity contribution in [3.05, 3.63) is 128 Å². The molecule has 0 aliphatic carbocycles. The van der Waals surface area contributed by atoms with Gasteiger partial charge in [-0.05, 0) is 209 Å². The van der Waals surface area contributed by atoms with Crippen LogP contribution in [0.1, 0.15) is 189 Å². The molecule has 0 bridgehead atoms. The molecule has 0 fully saturated rings. The van der Waals surface area contributed by atoms with E-state index in [1.165, 1.54) is 69.4 Å². The normalized spacial score (nSPS) is 14.3. The molecule has 55 heavy (non-hydrogen) atoms. The van der Waals surface area contributed by atoms with Crippen LogP contribution in [0.25, 0.3) is 0 Å². The third-order valence-corrected chi connectivity index (χ3v) is 10.9. The maximum atomic E-state index is 10.4. The molecule has 1 aromatic rings. The molecule has 0 spiro atoms. The van der Waals surface area contributed by atoms with Crippen molar-refractivity contribution in [1.82, 2.24) is 0 Å². The molecule has 0 atom stereocenters. The number of allylic oxidation sites excluding steroid dienone is 18. The highest BCUT2D eigenvalue weighted by molar-refractivity contribution is 5.51. The van der Waals surface area contributed by atoms with Gasteiger partial charge in [0.05, 0.1) is 0 Å². The molecule has 2 nitrogen and oxygen atoms in total. The number of phenolic OH excluding ortho intramolecular Hbond substituents is 2. The standard InChI is InChI=1S/C53H82O2/c1-40(2)21-13-22-41(3)23-14-24-42(4)25-15-26-43(5)27-16-28-44(6)29-17-30-45(7)31-18-32-46(8)33-19-34-47(9)35-20-36-48(10)37-38-51-39-52(54)49(11)50(12)53(51)55/h21,23,25,27,29,31,33,35,37,39,54-55H,13-20,22,24,26,28,30,32,34,36,38H2,1-12H3/b41-23-,42-25-,43-27-,44-29+,45-31+,46-33+,47-35+,48-37-. The summed E-state index contributed by atoms with van der Waals surface area (Å²) in [5.74, 6) is 0.554. The highest BCUT2D eigenvalue weighted by atomic mass is 16.3. The Bertz CT molecular complexity index is 1590. The fourth-order valence-corrected chi connectivity index (χ4v) is 6.62.